The largest absolute Gasteiger partial charge is 0.353 e. The molecule has 0 spiro atoms. The van der Waals surface area contributed by atoms with Gasteiger partial charge < -0.3 is 9.47 Å². The van der Waals surface area contributed by atoms with Crippen LogP contribution in [-0.2, 0) is 9.47 Å². The second-order valence-electron chi connectivity index (χ2n) is 5.98. The molecule has 0 aliphatic heterocycles. The van der Waals surface area contributed by atoms with Gasteiger partial charge in [-0.1, -0.05) is 64.0 Å². The van der Waals surface area contributed by atoms with Gasteiger partial charge in [-0.25, -0.2) is 0 Å². The molecular weight excluding hydrogens is 272 g/mol. The maximum atomic E-state index is 5.56. The van der Waals surface area contributed by atoms with E-state index in [2.05, 4.69) is 19.1 Å². The molecule has 0 aromatic carbocycles. The van der Waals surface area contributed by atoms with Crippen molar-refractivity contribution in [3.8, 4) is 0 Å². The van der Waals surface area contributed by atoms with Gasteiger partial charge in [0, 0.05) is 13.2 Å². The van der Waals surface area contributed by atoms with E-state index in [1.807, 2.05) is 13.8 Å². The van der Waals surface area contributed by atoms with Gasteiger partial charge in [0.25, 0.3) is 0 Å². The quantitative estimate of drug-likeness (QED) is 0.170. The summed E-state index contributed by atoms with van der Waals surface area (Å²) in [5, 5.41) is 0. The molecule has 0 heterocycles. The highest BCUT2D eigenvalue weighted by Crippen LogP contribution is 2.13. The van der Waals surface area contributed by atoms with Crippen molar-refractivity contribution in [3.05, 3.63) is 12.2 Å². The maximum absolute atomic E-state index is 5.56. The van der Waals surface area contributed by atoms with Gasteiger partial charge in [-0.15, -0.1) is 0 Å². The molecule has 0 bridgehead atoms. The van der Waals surface area contributed by atoms with E-state index < -0.39 is 0 Å². The zero-order valence-corrected chi connectivity index (χ0v) is 15.4. The van der Waals surface area contributed by atoms with E-state index in [4.69, 9.17) is 9.47 Å². The molecule has 0 radical (unpaired) electrons. The predicted octanol–water partition coefficient (Wildman–Crippen LogP) is 6.64. The van der Waals surface area contributed by atoms with Crippen LogP contribution in [0.3, 0.4) is 0 Å². The van der Waals surface area contributed by atoms with E-state index in [9.17, 15) is 0 Å². The van der Waals surface area contributed by atoms with Crippen molar-refractivity contribution in [1.29, 1.82) is 0 Å². The number of hydrogen-bond donors (Lipinski definition) is 0. The Kier molecular flexibility index (Phi) is 18.4. The van der Waals surface area contributed by atoms with Gasteiger partial charge in [0.05, 0.1) is 0 Å². The van der Waals surface area contributed by atoms with Crippen molar-refractivity contribution >= 4 is 0 Å². The van der Waals surface area contributed by atoms with Crippen LogP contribution in [0.5, 0.6) is 0 Å². The van der Waals surface area contributed by atoms with E-state index >= 15 is 0 Å². The molecule has 2 nitrogen and oxygen atoms in total. The number of hydrogen-bond acceptors (Lipinski definition) is 2. The smallest absolute Gasteiger partial charge is 0.157 e. The summed E-state index contributed by atoms with van der Waals surface area (Å²) in [4.78, 5) is 0. The molecule has 2 heteroatoms. The molecule has 0 N–H and O–H groups in total. The lowest BCUT2D eigenvalue weighted by Crippen LogP contribution is -2.17. The number of ether oxygens (including phenoxy) is 2. The van der Waals surface area contributed by atoms with Crippen LogP contribution in [-0.4, -0.2) is 19.5 Å². The van der Waals surface area contributed by atoms with Crippen molar-refractivity contribution in [2.45, 2.75) is 104 Å². The molecule has 0 aromatic rings. The molecule has 0 saturated carbocycles. The van der Waals surface area contributed by atoms with Crippen LogP contribution in [0.1, 0.15) is 97.8 Å². The molecule has 0 rings (SSSR count). The molecule has 0 atom stereocenters. The summed E-state index contributed by atoms with van der Waals surface area (Å²) < 4.78 is 11.1. The minimum atomic E-state index is 0.0248. The Balaban J connectivity index is 3.20. The van der Waals surface area contributed by atoms with Crippen LogP contribution >= 0.6 is 0 Å². The fourth-order valence-electron chi connectivity index (χ4n) is 2.68. The lowest BCUT2D eigenvalue weighted by atomic mass is 10.1. The van der Waals surface area contributed by atoms with Gasteiger partial charge in [0.15, 0.2) is 6.29 Å². The monoisotopic (exact) mass is 312 g/mol. The molecular formula is C20H40O2. The highest BCUT2D eigenvalue weighted by Gasteiger charge is 2.06. The predicted molar refractivity (Wildman–Crippen MR) is 97.3 cm³/mol. The second-order valence-corrected chi connectivity index (χ2v) is 5.98. The summed E-state index contributed by atoms with van der Waals surface area (Å²) in [5.41, 5.74) is 0. The van der Waals surface area contributed by atoms with Crippen molar-refractivity contribution < 1.29 is 9.47 Å². The van der Waals surface area contributed by atoms with Crippen LogP contribution in [0.25, 0.3) is 0 Å². The van der Waals surface area contributed by atoms with E-state index in [1.54, 1.807) is 0 Å². The molecule has 132 valence electrons. The molecule has 0 aliphatic carbocycles. The van der Waals surface area contributed by atoms with E-state index in [-0.39, 0.29) is 6.29 Å². The van der Waals surface area contributed by atoms with Crippen molar-refractivity contribution in [2.24, 2.45) is 0 Å². The standard InChI is InChI=1S/C20H40O2/c1-4-7-8-9-10-11-12-13-14-15-16-17-18-19-20(21-5-2)22-6-3/h7-8,20H,4-6,9-19H2,1-3H3. The Labute approximate surface area is 139 Å². The molecule has 0 aliphatic rings. The lowest BCUT2D eigenvalue weighted by Gasteiger charge is -2.16. The van der Waals surface area contributed by atoms with Crippen LogP contribution in [0.2, 0.25) is 0 Å². The molecule has 0 aromatic heterocycles. The van der Waals surface area contributed by atoms with Crippen LogP contribution in [0.15, 0.2) is 12.2 Å². The average Bonchev–Trinajstić information content (AvgIpc) is 2.52. The lowest BCUT2D eigenvalue weighted by molar-refractivity contribution is -0.140. The first kappa shape index (κ1) is 21.7. The second kappa shape index (κ2) is 18.7. The van der Waals surface area contributed by atoms with Gasteiger partial charge in [-0.2, -0.15) is 0 Å². The topological polar surface area (TPSA) is 18.5 Å². The first-order chi connectivity index (χ1) is 10.8. The SMILES string of the molecule is CCC=CCCCCCCCCCCCC(OCC)OCC. The van der Waals surface area contributed by atoms with Crippen molar-refractivity contribution in [2.75, 3.05) is 13.2 Å². The summed E-state index contributed by atoms with van der Waals surface area (Å²) in [5.74, 6) is 0. The first-order valence-corrected chi connectivity index (χ1v) is 9.73. The molecule has 0 fully saturated rings. The first-order valence-electron chi connectivity index (χ1n) is 9.73. The van der Waals surface area contributed by atoms with Gasteiger partial charge in [0.2, 0.25) is 0 Å². The zero-order chi connectivity index (χ0) is 16.3. The minimum absolute atomic E-state index is 0.0248. The highest BCUT2D eigenvalue weighted by atomic mass is 16.7. The third kappa shape index (κ3) is 16.0. The summed E-state index contributed by atoms with van der Waals surface area (Å²) in [6.45, 7) is 7.76. The third-order valence-corrected chi connectivity index (χ3v) is 3.92. The Morgan fingerprint density at radius 3 is 1.64 bits per heavy atom. The van der Waals surface area contributed by atoms with Crippen LogP contribution in [0.4, 0.5) is 0 Å². The molecule has 0 saturated heterocycles. The Bertz CT molecular complexity index is 220. The summed E-state index contributed by atoms with van der Waals surface area (Å²) in [7, 11) is 0. The fraction of sp³-hybridized carbons (Fsp3) is 0.900. The summed E-state index contributed by atoms with van der Waals surface area (Å²) in [6, 6.07) is 0. The van der Waals surface area contributed by atoms with Crippen molar-refractivity contribution in [3.63, 3.8) is 0 Å². The maximum Gasteiger partial charge on any atom is 0.157 e. The number of allylic oxidation sites excluding steroid dienone is 2. The van der Waals surface area contributed by atoms with Crippen LogP contribution < -0.4 is 0 Å². The third-order valence-electron chi connectivity index (χ3n) is 3.92. The summed E-state index contributed by atoms with van der Waals surface area (Å²) in [6.07, 6.45) is 20.4. The minimum Gasteiger partial charge on any atom is -0.353 e. The van der Waals surface area contributed by atoms with Crippen molar-refractivity contribution in [1.82, 2.24) is 0 Å². The highest BCUT2D eigenvalue weighted by molar-refractivity contribution is 4.79. The number of rotatable bonds is 17. The van der Waals surface area contributed by atoms with E-state index in [1.165, 1.54) is 70.6 Å². The molecule has 0 amide bonds. The molecule has 0 unspecified atom stereocenters. The normalized spacial score (nSPS) is 11.8. The van der Waals surface area contributed by atoms with Gasteiger partial charge >= 0.3 is 0 Å². The molecule has 22 heavy (non-hydrogen) atoms. The van der Waals surface area contributed by atoms with Gasteiger partial charge in [-0.05, 0) is 46.0 Å². The Morgan fingerprint density at radius 1 is 0.636 bits per heavy atom. The summed E-state index contributed by atoms with van der Waals surface area (Å²) >= 11 is 0. The average molecular weight is 313 g/mol. The van der Waals surface area contributed by atoms with Gasteiger partial charge in [-0.3, -0.25) is 0 Å². The zero-order valence-electron chi connectivity index (χ0n) is 15.4. The van der Waals surface area contributed by atoms with Gasteiger partial charge in [0.1, 0.15) is 0 Å². The number of unbranched alkanes of at least 4 members (excludes halogenated alkanes) is 9. The van der Waals surface area contributed by atoms with Crippen LogP contribution in [0, 0.1) is 0 Å². The van der Waals surface area contributed by atoms with E-state index in [0.717, 1.165) is 19.6 Å². The Morgan fingerprint density at radius 2 is 1.14 bits per heavy atom. The van der Waals surface area contributed by atoms with E-state index in [0.29, 0.717) is 0 Å². The fourth-order valence-corrected chi connectivity index (χ4v) is 2.68. The Hall–Kier alpha value is -0.340.